The molecule has 1 aromatic heterocycles. The van der Waals surface area contributed by atoms with Gasteiger partial charge in [-0.05, 0) is 32.9 Å². The summed E-state index contributed by atoms with van der Waals surface area (Å²) in [6.07, 6.45) is 2.82. The Hall–Kier alpha value is -1.47. The highest BCUT2D eigenvalue weighted by Crippen LogP contribution is 2.17. The van der Waals surface area contributed by atoms with E-state index < -0.39 is 0 Å². The van der Waals surface area contributed by atoms with Gasteiger partial charge in [-0.1, -0.05) is 0 Å². The number of carbonyl (C=O) groups is 2. The van der Waals surface area contributed by atoms with Crippen LogP contribution in [-0.4, -0.2) is 47.0 Å². The largest absolute Gasteiger partial charge is 0.483 e. The van der Waals surface area contributed by atoms with E-state index in [4.69, 9.17) is 15.6 Å². The predicted molar refractivity (Wildman–Crippen MR) is 77.6 cm³/mol. The summed E-state index contributed by atoms with van der Waals surface area (Å²) in [5, 5.41) is 10.2. The Labute approximate surface area is 122 Å². The molecule has 0 saturated carbocycles. The van der Waals surface area contributed by atoms with Gasteiger partial charge < -0.3 is 15.7 Å². The van der Waals surface area contributed by atoms with Crippen molar-refractivity contribution in [1.29, 1.82) is 0 Å². The van der Waals surface area contributed by atoms with Crippen LogP contribution in [0.4, 0.5) is 0 Å². The molecule has 0 unspecified atom stereocenters. The molecular weight excluding hydrogens is 278 g/mol. The molecule has 0 bridgehead atoms. The molecule has 20 heavy (non-hydrogen) atoms. The zero-order valence-corrected chi connectivity index (χ0v) is 12.4. The molecule has 2 heterocycles. The minimum atomic E-state index is -0.250. The van der Waals surface area contributed by atoms with E-state index in [0.717, 1.165) is 43.9 Å². The maximum absolute atomic E-state index is 11.0. The summed E-state index contributed by atoms with van der Waals surface area (Å²) < 4.78 is 0. The van der Waals surface area contributed by atoms with Gasteiger partial charge in [-0.2, -0.15) is 0 Å². The Morgan fingerprint density at radius 2 is 2.20 bits per heavy atom. The van der Waals surface area contributed by atoms with Crippen LogP contribution in [0.15, 0.2) is 5.38 Å². The van der Waals surface area contributed by atoms with Crippen LogP contribution >= 0.6 is 11.3 Å². The number of rotatable bonds is 4. The summed E-state index contributed by atoms with van der Waals surface area (Å²) in [5.41, 5.74) is 6.50. The van der Waals surface area contributed by atoms with Gasteiger partial charge in [0.05, 0.1) is 10.7 Å². The van der Waals surface area contributed by atoms with Crippen molar-refractivity contribution in [2.75, 3.05) is 19.6 Å². The third-order valence-corrected chi connectivity index (χ3v) is 4.16. The average Bonchev–Trinajstić information content (AvgIpc) is 2.84. The second kappa shape index (κ2) is 8.65. The number of hydrogen-bond donors (Lipinski definition) is 2. The second-order valence-corrected chi connectivity index (χ2v) is 5.79. The highest BCUT2D eigenvalue weighted by molar-refractivity contribution is 7.09. The van der Waals surface area contributed by atoms with Crippen molar-refractivity contribution < 1.29 is 14.7 Å². The summed E-state index contributed by atoms with van der Waals surface area (Å²) in [5.74, 6) is -0.0486. The average molecular weight is 299 g/mol. The van der Waals surface area contributed by atoms with Gasteiger partial charge in [0.15, 0.2) is 0 Å². The van der Waals surface area contributed by atoms with Crippen LogP contribution in [0, 0.1) is 12.8 Å². The van der Waals surface area contributed by atoms with Crippen molar-refractivity contribution in [2.45, 2.75) is 26.2 Å². The first-order chi connectivity index (χ1) is 9.56. The van der Waals surface area contributed by atoms with E-state index in [9.17, 15) is 4.79 Å². The fourth-order valence-electron chi connectivity index (χ4n) is 2.24. The Morgan fingerprint density at radius 3 is 2.65 bits per heavy atom. The summed E-state index contributed by atoms with van der Waals surface area (Å²) >= 11 is 1.70. The Kier molecular flexibility index (Phi) is 7.17. The molecule has 1 aromatic rings. The first-order valence-electron chi connectivity index (χ1n) is 6.57. The number of likely N-dealkylation sites (tertiary alicyclic amines) is 1. The van der Waals surface area contributed by atoms with Gasteiger partial charge in [0.25, 0.3) is 6.47 Å². The quantitative estimate of drug-likeness (QED) is 0.805. The molecule has 0 spiro atoms. The lowest BCUT2D eigenvalue weighted by Crippen LogP contribution is -2.39. The van der Waals surface area contributed by atoms with Gasteiger partial charge >= 0.3 is 0 Å². The molecule has 0 radical (unpaired) electrons. The summed E-state index contributed by atoms with van der Waals surface area (Å²) in [4.78, 5) is 26.3. The summed E-state index contributed by atoms with van der Waals surface area (Å²) in [7, 11) is 0. The van der Waals surface area contributed by atoms with Gasteiger partial charge in [0.1, 0.15) is 0 Å². The minimum Gasteiger partial charge on any atom is -0.483 e. The smallest absolute Gasteiger partial charge is 0.290 e. The van der Waals surface area contributed by atoms with Gasteiger partial charge in [-0.25, -0.2) is 4.98 Å². The van der Waals surface area contributed by atoms with Crippen molar-refractivity contribution in [1.82, 2.24) is 9.88 Å². The summed E-state index contributed by atoms with van der Waals surface area (Å²) in [6.45, 7) is 4.79. The van der Waals surface area contributed by atoms with Crippen LogP contribution in [-0.2, 0) is 16.0 Å². The van der Waals surface area contributed by atoms with Gasteiger partial charge in [0.2, 0.25) is 5.91 Å². The number of nitrogens with zero attached hydrogens (tertiary/aromatic N) is 2. The number of thiazole rings is 1. The first kappa shape index (κ1) is 16.6. The molecule has 3 N–H and O–H groups in total. The van der Waals surface area contributed by atoms with Crippen LogP contribution < -0.4 is 5.73 Å². The van der Waals surface area contributed by atoms with Crippen LogP contribution in [0.2, 0.25) is 0 Å². The number of aryl methyl sites for hydroxylation is 1. The maximum Gasteiger partial charge on any atom is 0.290 e. The molecule has 1 fully saturated rings. The monoisotopic (exact) mass is 299 g/mol. The third kappa shape index (κ3) is 5.66. The molecule has 0 aliphatic carbocycles. The topological polar surface area (TPSA) is 96.5 Å². The van der Waals surface area contributed by atoms with E-state index in [1.807, 2.05) is 6.92 Å². The maximum atomic E-state index is 11.0. The number of hydrogen-bond acceptors (Lipinski definition) is 5. The molecule has 1 saturated heterocycles. The van der Waals surface area contributed by atoms with Crippen molar-refractivity contribution >= 4 is 23.7 Å². The van der Waals surface area contributed by atoms with E-state index in [2.05, 4.69) is 15.3 Å². The number of aromatic nitrogens is 1. The fraction of sp³-hybridized carbons (Fsp3) is 0.615. The van der Waals surface area contributed by atoms with Gasteiger partial charge in [0, 0.05) is 24.3 Å². The lowest BCUT2D eigenvalue weighted by atomic mass is 9.96. The zero-order chi connectivity index (χ0) is 15.0. The van der Waals surface area contributed by atoms with E-state index in [1.165, 1.54) is 5.69 Å². The number of carboxylic acid groups (broad SMARTS) is 1. The molecule has 0 aromatic carbocycles. The molecule has 0 atom stereocenters. The number of primary amides is 1. The highest BCUT2D eigenvalue weighted by Gasteiger charge is 2.22. The zero-order valence-electron chi connectivity index (χ0n) is 11.6. The van der Waals surface area contributed by atoms with E-state index in [0.29, 0.717) is 0 Å². The number of piperidine rings is 1. The minimum absolute atomic E-state index is 0.0905. The predicted octanol–water partition coefficient (Wildman–Crippen LogP) is 0.892. The van der Waals surface area contributed by atoms with E-state index in [1.54, 1.807) is 11.3 Å². The van der Waals surface area contributed by atoms with Crippen molar-refractivity contribution in [3.05, 3.63) is 16.1 Å². The molecule has 6 nitrogen and oxygen atoms in total. The SMILES string of the molecule is Cc1nc(CCN2CCC(C(N)=O)CC2)cs1.O=CO. The van der Waals surface area contributed by atoms with Crippen LogP contribution in [0.5, 0.6) is 0 Å². The standard InChI is InChI=1S/C12H19N3OS.CH2O2/c1-9-14-11(8-17-9)4-7-15-5-2-10(3-6-15)12(13)16;2-1-3/h8,10H,2-7H2,1H3,(H2,13,16);1H,(H,2,3). The van der Waals surface area contributed by atoms with Crippen LogP contribution in [0.1, 0.15) is 23.5 Å². The molecule has 7 heteroatoms. The normalized spacial score (nSPS) is 16.2. The molecule has 2 rings (SSSR count). The number of nitrogens with two attached hydrogens (primary N) is 1. The van der Waals surface area contributed by atoms with Gasteiger partial charge in [-0.3, -0.25) is 9.59 Å². The second-order valence-electron chi connectivity index (χ2n) is 4.73. The van der Waals surface area contributed by atoms with Crippen molar-refractivity contribution in [3.8, 4) is 0 Å². The molecular formula is C13H21N3O3S. The summed E-state index contributed by atoms with van der Waals surface area (Å²) in [6, 6.07) is 0. The van der Waals surface area contributed by atoms with Crippen LogP contribution in [0.25, 0.3) is 0 Å². The van der Waals surface area contributed by atoms with Gasteiger partial charge in [-0.15, -0.1) is 11.3 Å². The van der Waals surface area contributed by atoms with Crippen LogP contribution in [0.3, 0.4) is 0 Å². The third-order valence-electron chi connectivity index (χ3n) is 3.34. The molecule has 1 aliphatic rings. The molecule has 1 amide bonds. The Morgan fingerprint density at radius 1 is 1.60 bits per heavy atom. The van der Waals surface area contributed by atoms with Crippen molar-refractivity contribution in [3.63, 3.8) is 0 Å². The fourth-order valence-corrected chi connectivity index (χ4v) is 2.88. The highest BCUT2D eigenvalue weighted by atomic mass is 32.1. The molecule has 112 valence electrons. The van der Waals surface area contributed by atoms with Crippen molar-refractivity contribution in [2.24, 2.45) is 11.7 Å². The van der Waals surface area contributed by atoms with E-state index >= 15 is 0 Å². The number of carbonyl (C=O) groups excluding carboxylic acids is 1. The first-order valence-corrected chi connectivity index (χ1v) is 7.45. The Bertz CT molecular complexity index is 428. The Balaban J connectivity index is 0.000000612. The lowest BCUT2D eigenvalue weighted by molar-refractivity contribution is -0.123. The van der Waals surface area contributed by atoms with E-state index in [-0.39, 0.29) is 18.3 Å². The number of amides is 1. The lowest BCUT2D eigenvalue weighted by Gasteiger charge is -2.30. The molecule has 1 aliphatic heterocycles.